The normalized spacial score (nSPS) is 22.0. The summed E-state index contributed by atoms with van der Waals surface area (Å²) < 4.78 is 44.0. The van der Waals surface area contributed by atoms with Crippen LogP contribution in [-0.4, -0.2) is 81.0 Å². The van der Waals surface area contributed by atoms with Crippen LogP contribution in [0.4, 0.5) is 13.2 Å². The lowest BCUT2D eigenvalue weighted by Crippen LogP contribution is -2.57. The molecule has 5 nitrogen and oxygen atoms in total. The summed E-state index contributed by atoms with van der Waals surface area (Å²) in [6.07, 6.45) is 0.443. The summed E-state index contributed by atoms with van der Waals surface area (Å²) in [4.78, 5) is 8.43. The second-order valence-corrected chi connectivity index (χ2v) is 7.51. The number of rotatable bonds is 7. The molecule has 0 spiro atoms. The van der Waals surface area contributed by atoms with Crippen LogP contribution in [0, 0.1) is 5.41 Å². The molecule has 1 unspecified atom stereocenters. The van der Waals surface area contributed by atoms with Gasteiger partial charge in [0.15, 0.2) is 5.96 Å². The second-order valence-electron chi connectivity index (χ2n) is 7.51. The van der Waals surface area contributed by atoms with Gasteiger partial charge in [-0.05, 0) is 38.5 Å². The first-order valence-electron chi connectivity index (χ1n) is 9.64. The van der Waals surface area contributed by atoms with Crippen molar-refractivity contribution >= 4 is 29.9 Å². The molecule has 2 aliphatic rings. The molecule has 1 saturated carbocycles. The van der Waals surface area contributed by atoms with Gasteiger partial charge in [0.05, 0.1) is 0 Å². The van der Waals surface area contributed by atoms with Gasteiger partial charge in [-0.2, -0.15) is 13.2 Å². The van der Waals surface area contributed by atoms with Crippen molar-refractivity contribution in [3.05, 3.63) is 0 Å². The first kappa shape index (κ1) is 24.7. The fourth-order valence-electron chi connectivity index (χ4n) is 3.68. The maximum Gasteiger partial charge on any atom is 0.403 e. The molecule has 2 fully saturated rings. The SMILES string of the molecule is CCNC(=NCC1(CCOC)CCC1)N1CCN(C(C)C(F)(F)F)CC1.I. The maximum absolute atomic E-state index is 12.9. The molecule has 0 aromatic carbocycles. The minimum absolute atomic E-state index is 0. The van der Waals surface area contributed by atoms with Gasteiger partial charge in [0.25, 0.3) is 0 Å². The zero-order chi connectivity index (χ0) is 19.2. The van der Waals surface area contributed by atoms with E-state index >= 15 is 0 Å². The van der Waals surface area contributed by atoms with Gasteiger partial charge in [-0.15, -0.1) is 24.0 Å². The summed E-state index contributed by atoms with van der Waals surface area (Å²) in [5.74, 6) is 0.829. The first-order valence-corrected chi connectivity index (χ1v) is 9.64. The van der Waals surface area contributed by atoms with Crippen molar-refractivity contribution < 1.29 is 17.9 Å². The predicted molar refractivity (Wildman–Crippen MR) is 113 cm³/mol. The van der Waals surface area contributed by atoms with Gasteiger partial charge in [0.2, 0.25) is 0 Å². The Balaban J connectivity index is 0.00000364. The number of hydrogen-bond donors (Lipinski definition) is 1. The van der Waals surface area contributed by atoms with Crippen molar-refractivity contribution in [3.8, 4) is 0 Å². The number of nitrogens with zero attached hydrogens (tertiary/aromatic N) is 3. The van der Waals surface area contributed by atoms with Crippen LogP contribution in [-0.2, 0) is 4.74 Å². The average Bonchev–Trinajstić information content (AvgIpc) is 2.58. The molecule has 1 atom stereocenters. The molecule has 0 amide bonds. The van der Waals surface area contributed by atoms with E-state index in [9.17, 15) is 13.2 Å². The molecule has 0 aromatic rings. The third-order valence-electron chi connectivity index (χ3n) is 5.79. The molecule has 2 rings (SSSR count). The topological polar surface area (TPSA) is 40.1 Å². The maximum atomic E-state index is 12.9. The Morgan fingerprint density at radius 3 is 2.30 bits per heavy atom. The van der Waals surface area contributed by atoms with E-state index in [2.05, 4.69) is 10.2 Å². The zero-order valence-corrected chi connectivity index (χ0v) is 19.0. The quantitative estimate of drug-likeness (QED) is 0.327. The molecule has 0 aromatic heterocycles. The number of hydrogen-bond acceptors (Lipinski definition) is 3. The largest absolute Gasteiger partial charge is 0.403 e. The van der Waals surface area contributed by atoms with E-state index < -0.39 is 12.2 Å². The Morgan fingerprint density at radius 1 is 1.22 bits per heavy atom. The van der Waals surface area contributed by atoms with Crippen molar-refractivity contribution in [1.82, 2.24) is 15.1 Å². The number of ether oxygens (including phenoxy) is 1. The van der Waals surface area contributed by atoms with Crippen LogP contribution >= 0.6 is 24.0 Å². The molecule has 9 heteroatoms. The predicted octanol–water partition coefficient (Wildman–Crippen LogP) is 3.35. The Bertz CT molecular complexity index is 464. The number of aliphatic imine (C=N–C) groups is 1. The summed E-state index contributed by atoms with van der Waals surface area (Å²) in [7, 11) is 1.72. The standard InChI is InChI=1S/C18H33F3N4O.HI/c1-4-22-16(23-14-17(6-5-7-17)8-13-26-3)25-11-9-24(10-12-25)15(2)18(19,20)21;/h15H,4-14H2,1-3H3,(H,22,23);1H. The van der Waals surface area contributed by atoms with Gasteiger partial charge in [-0.3, -0.25) is 9.89 Å². The smallest absolute Gasteiger partial charge is 0.385 e. The van der Waals surface area contributed by atoms with E-state index in [1.807, 2.05) is 6.92 Å². The summed E-state index contributed by atoms with van der Waals surface area (Å²) in [6, 6.07) is -1.39. The van der Waals surface area contributed by atoms with Crippen molar-refractivity contribution in [3.63, 3.8) is 0 Å². The van der Waals surface area contributed by atoms with E-state index in [0.29, 0.717) is 26.2 Å². The van der Waals surface area contributed by atoms with Crippen LogP contribution in [0.15, 0.2) is 4.99 Å². The van der Waals surface area contributed by atoms with E-state index in [4.69, 9.17) is 9.73 Å². The van der Waals surface area contributed by atoms with Crippen molar-refractivity contribution in [1.29, 1.82) is 0 Å². The highest BCUT2D eigenvalue weighted by molar-refractivity contribution is 14.0. The van der Waals surface area contributed by atoms with Gasteiger partial charge in [0.1, 0.15) is 6.04 Å². The molecular formula is C18H34F3IN4O. The number of guanidine groups is 1. The van der Waals surface area contributed by atoms with Crippen LogP contribution in [0.25, 0.3) is 0 Å². The fraction of sp³-hybridized carbons (Fsp3) is 0.944. The molecule has 1 saturated heterocycles. The van der Waals surface area contributed by atoms with Crippen LogP contribution in [0.5, 0.6) is 0 Å². The van der Waals surface area contributed by atoms with E-state index in [0.717, 1.165) is 32.1 Å². The minimum atomic E-state index is -4.17. The Labute approximate surface area is 178 Å². The van der Waals surface area contributed by atoms with E-state index in [-0.39, 0.29) is 29.4 Å². The lowest BCUT2D eigenvalue weighted by Gasteiger charge is -2.42. The fourth-order valence-corrected chi connectivity index (χ4v) is 3.68. The number of nitrogens with one attached hydrogen (secondary N) is 1. The van der Waals surface area contributed by atoms with Crippen molar-refractivity contribution in [2.45, 2.75) is 51.7 Å². The second kappa shape index (κ2) is 11.0. The molecular weight excluding hydrogens is 472 g/mol. The highest BCUT2D eigenvalue weighted by Crippen LogP contribution is 2.44. The molecule has 0 radical (unpaired) electrons. The van der Waals surface area contributed by atoms with E-state index in [1.165, 1.54) is 31.1 Å². The van der Waals surface area contributed by atoms with Gasteiger partial charge in [-0.1, -0.05) is 6.42 Å². The van der Waals surface area contributed by atoms with Crippen LogP contribution in [0.2, 0.25) is 0 Å². The molecule has 27 heavy (non-hydrogen) atoms. The third kappa shape index (κ3) is 6.92. The van der Waals surface area contributed by atoms with Crippen LogP contribution in [0.3, 0.4) is 0 Å². The van der Waals surface area contributed by atoms with Gasteiger partial charge in [-0.25, -0.2) is 0 Å². The molecule has 1 aliphatic carbocycles. The molecule has 1 heterocycles. The van der Waals surface area contributed by atoms with Gasteiger partial charge >= 0.3 is 6.18 Å². The first-order chi connectivity index (χ1) is 12.3. The molecule has 1 N–H and O–H groups in total. The minimum Gasteiger partial charge on any atom is -0.385 e. The van der Waals surface area contributed by atoms with Crippen molar-refractivity contribution in [2.75, 3.05) is 53.0 Å². The van der Waals surface area contributed by atoms with Crippen molar-refractivity contribution in [2.24, 2.45) is 10.4 Å². The summed E-state index contributed by atoms with van der Waals surface area (Å²) in [5, 5.41) is 3.31. The molecule has 160 valence electrons. The molecule has 0 bridgehead atoms. The van der Waals surface area contributed by atoms with Crippen LogP contribution in [0.1, 0.15) is 39.5 Å². The number of alkyl halides is 3. The zero-order valence-electron chi connectivity index (χ0n) is 16.6. The lowest BCUT2D eigenvalue weighted by atomic mass is 9.67. The monoisotopic (exact) mass is 506 g/mol. The Hall–Kier alpha value is -0.290. The molecule has 1 aliphatic heterocycles. The highest BCUT2D eigenvalue weighted by Gasteiger charge is 2.41. The third-order valence-corrected chi connectivity index (χ3v) is 5.79. The summed E-state index contributed by atoms with van der Waals surface area (Å²) >= 11 is 0. The van der Waals surface area contributed by atoms with E-state index in [1.54, 1.807) is 7.11 Å². The van der Waals surface area contributed by atoms with Crippen LogP contribution < -0.4 is 5.32 Å². The van der Waals surface area contributed by atoms with Gasteiger partial charge < -0.3 is 15.0 Å². The summed E-state index contributed by atoms with van der Waals surface area (Å²) in [6.45, 7) is 7.46. The number of piperazine rings is 1. The number of methoxy groups -OCH3 is 1. The average molecular weight is 506 g/mol. The summed E-state index contributed by atoms with van der Waals surface area (Å²) in [5.41, 5.74) is 0.239. The Kier molecular flexibility index (Phi) is 10.1. The van der Waals surface area contributed by atoms with Gasteiger partial charge in [0, 0.05) is 53.0 Å². The Morgan fingerprint density at radius 2 is 1.85 bits per heavy atom. The lowest BCUT2D eigenvalue weighted by molar-refractivity contribution is -0.181. The number of halogens is 4. The highest BCUT2D eigenvalue weighted by atomic mass is 127.